The summed E-state index contributed by atoms with van der Waals surface area (Å²) >= 11 is 0. The van der Waals surface area contributed by atoms with Crippen LogP contribution in [0.3, 0.4) is 0 Å². The van der Waals surface area contributed by atoms with E-state index < -0.39 is 32.5 Å². The standard InChI is InChI=1S/C50H88NO8P/c1-6-8-10-12-14-16-18-20-22-23-24-25-26-27-29-30-32-34-36-38-40-42-49(52)56-46-48(47-58-60(54,55)57-45-44-51(3,4)5)59-50(53)43-41-39-37-35-33-31-28-21-19-17-15-13-11-9-7-2/h17,19,21-23,25-26,28-30,34,36,48H,6-16,18,20,24,27,31-33,35,37-47H2,1-5H3/p+1/b19-17+,23-22+,26-25+,28-21+,30-29+,36-34+/t48-/m0/s1. The minimum atomic E-state index is -4.40. The number of unbranched alkanes of at least 4 members (excludes halogenated alkanes) is 17. The Labute approximate surface area is 368 Å². The number of hydrogen-bond donors (Lipinski definition) is 1. The molecule has 0 aromatic heterocycles. The van der Waals surface area contributed by atoms with Crippen LogP contribution < -0.4 is 0 Å². The molecule has 1 N–H and O–H groups in total. The minimum Gasteiger partial charge on any atom is -0.462 e. The highest BCUT2D eigenvalue weighted by molar-refractivity contribution is 7.47. The number of ether oxygens (including phenoxy) is 2. The van der Waals surface area contributed by atoms with Gasteiger partial charge in [0.05, 0.1) is 27.7 Å². The first-order valence-corrected chi connectivity index (χ1v) is 25.2. The summed E-state index contributed by atoms with van der Waals surface area (Å²) in [6, 6.07) is 0. The highest BCUT2D eigenvalue weighted by atomic mass is 31.2. The fraction of sp³-hybridized carbons (Fsp3) is 0.720. The number of esters is 2. The largest absolute Gasteiger partial charge is 0.472 e. The summed E-state index contributed by atoms with van der Waals surface area (Å²) in [5.41, 5.74) is 0. The molecule has 0 aliphatic rings. The zero-order chi connectivity index (χ0) is 44.3. The van der Waals surface area contributed by atoms with Crippen LogP contribution in [0.4, 0.5) is 0 Å². The summed E-state index contributed by atoms with van der Waals surface area (Å²) in [5, 5.41) is 0. The first-order chi connectivity index (χ1) is 29.0. The molecule has 0 aromatic rings. The van der Waals surface area contributed by atoms with Gasteiger partial charge in [-0.15, -0.1) is 0 Å². The quantitative estimate of drug-likeness (QED) is 0.0161. The lowest BCUT2D eigenvalue weighted by atomic mass is 10.1. The van der Waals surface area contributed by atoms with Crippen LogP contribution in [0.1, 0.15) is 181 Å². The van der Waals surface area contributed by atoms with E-state index in [0.717, 1.165) is 64.2 Å². The van der Waals surface area contributed by atoms with E-state index in [1.165, 1.54) is 77.0 Å². The molecule has 0 amide bonds. The third-order valence-corrected chi connectivity index (χ3v) is 10.7. The molecule has 0 heterocycles. The van der Waals surface area contributed by atoms with Gasteiger partial charge < -0.3 is 18.9 Å². The molecule has 0 spiro atoms. The van der Waals surface area contributed by atoms with Crippen molar-refractivity contribution in [2.75, 3.05) is 47.5 Å². The maximum Gasteiger partial charge on any atom is 0.472 e. The average Bonchev–Trinajstić information content (AvgIpc) is 3.20. The van der Waals surface area contributed by atoms with Gasteiger partial charge in [0.15, 0.2) is 6.10 Å². The van der Waals surface area contributed by atoms with Crippen molar-refractivity contribution in [1.82, 2.24) is 0 Å². The fourth-order valence-electron chi connectivity index (χ4n) is 6.00. The number of likely N-dealkylation sites (N-methyl/N-ethyl adjacent to an activating group) is 1. The van der Waals surface area contributed by atoms with Gasteiger partial charge in [0.25, 0.3) is 0 Å². The number of rotatable bonds is 42. The Morgan fingerprint density at radius 2 is 0.967 bits per heavy atom. The molecule has 0 saturated heterocycles. The summed E-state index contributed by atoms with van der Waals surface area (Å²) in [7, 11) is 1.43. The van der Waals surface area contributed by atoms with Gasteiger partial charge in [0.2, 0.25) is 0 Å². The molecule has 0 aliphatic carbocycles. The molecule has 0 aliphatic heterocycles. The minimum absolute atomic E-state index is 0.0167. The Morgan fingerprint density at radius 3 is 1.50 bits per heavy atom. The first kappa shape index (κ1) is 57.4. The maximum atomic E-state index is 12.7. The van der Waals surface area contributed by atoms with E-state index in [1.807, 2.05) is 21.1 Å². The molecular formula is C50H89NO8P+. The number of quaternary nitrogens is 1. The number of nitrogens with zero attached hydrogens (tertiary/aromatic N) is 1. The predicted molar refractivity (Wildman–Crippen MR) is 252 cm³/mol. The van der Waals surface area contributed by atoms with E-state index in [1.54, 1.807) is 0 Å². The average molecular weight is 863 g/mol. The highest BCUT2D eigenvalue weighted by Crippen LogP contribution is 2.43. The normalized spacial score (nSPS) is 14.2. The van der Waals surface area contributed by atoms with Gasteiger partial charge in [-0.25, -0.2) is 4.57 Å². The molecule has 10 heteroatoms. The number of allylic oxidation sites excluding steroid dienone is 12. The first-order valence-electron chi connectivity index (χ1n) is 23.7. The van der Waals surface area contributed by atoms with Gasteiger partial charge in [0.1, 0.15) is 19.8 Å². The molecule has 2 atom stereocenters. The molecule has 0 aromatic carbocycles. The van der Waals surface area contributed by atoms with Crippen molar-refractivity contribution in [1.29, 1.82) is 0 Å². The second-order valence-corrected chi connectivity index (χ2v) is 18.3. The Hall–Kier alpha value is -2.55. The molecule has 0 radical (unpaired) electrons. The van der Waals surface area contributed by atoms with Crippen LogP contribution in [-0.2, 0) is 32.7 Å². The Kier molecular flexibility index (Phi) is 40.0. The van der Waals surface area contributed by atoms with E-state index in [2.05, 4.69) is 86.8 Å². The zero-order valence-electron chi connectivity index (χ0n) is 38.9. The zero-order valence-corrected chi connectivity index (χ0v) is 39.8. The second-order valence-electron chi connectivity index (χ2n) is 16.8. The molecule has 0 saturated carbocycles. The number of phosphoric ester groups is 1. The summed E-state index contributed by atoms with van der Waals surface area (Å²) in [5.74, 6) is -0.886. The molecule has 60 heavy (non-hydrogen) atoms. The van der Waals surface area contributed by atoms with E-state index in [4.69, 9.17) is 18.5 Å². The van der Waals surface area contributed by atoms with E-state index in [0.29, 0.717) is 23.9 Å². The fourth-order valence-corrected chi connectivity index (χ4v) is 6.74. The molecule has 0 fully saturated rings. The Bertz CT molecular complexity index is 1250. The summed E-state index contributed by atoms with van der Waals surface area (Å²) in [6.45, 7) is 4.31. The molecule has 9 nitrogen and oxygen atoms in total. The van der Waals surface area contributed by atoms with Crippen molar-refractivity contribution < 1.29 is 42.1 Å². The van der Waals surface area contributed by atoms with Crippen LogP contribution in [0.25, 0.3) is 0 Å². The van der Waals surface area contributed by atoms with Crippen molar-refractivity contribution in [2.24, 2.45) is 0 Å². The summed E-state index contributed by atoms with van der Waals surface area (Å²) in [4.78, 5) is 35.4. The van der Waals surface area contributed by atoms with Gasteiger partial charge in [0, 0.05) is 12.8 Å². The van der Waals surface area contributed by atoms with E-state index in [-0.39, 0.29) is 26.1 Å². The predicted octanol–water partition coefficient (Wildman–Crippen LogP) is 13.8. The van der Waals surface area contributed by atoms with Crippen molar-refractivity contribution in [3.63, 3.8) is 0 Å². The van der Waals surface area contributed by atoms with Crippen LogP contribution in [0.2, 0.25) is 0 Å². The smallest absolute Gasteiger partial charge is 0.462 e. The van der Waals surface area contributed by atoms with Crippen LogP contribution in [0.15, 0.2) is 72.9 Å². The van der Waals surface area contributed by atoms with Crippen LogP contribution in [0, 0.1) is 0 Å². The van der Waals surface area contributed by atoms with E-state index >= 15 is 0 Å². The highest BCUT2D eigenvalue weighted by Gasteiger charge is 2.27. The van der Waals surface area contributed by atoms with Crippen LogP contribution in [0.5, 0.6) is 0 Å². The lowest BCUT2D eigenvalue weighted by molar-refractivity contribution is -0.870. The third kappa shape index (κ3) is 45.0. The lowest BCUT2D eigenvalue weighted by Gasteiger charge is -2.24. The third-order valence-electron chi connectivity index (χ3n) is 9.74. The van der Waals surface area contributed by atoms with Crippen molar-refractivity contribution in [2.45, 2.75) is 187 Å². The van der Waals surface area contributed by atoms with Gasteiger partial charge in [-0.05, 0) is 77.0 Å². The summed E-state index contributed by atoms with van der Waals surface area (Å²) < 4.78 is 34.3. The monoisotopic (exact) mass is 863 g/mol. The molecular weight excluding hydrogens is 774 g/mol. The molecule has 0 bridgehead atoms. The van der Waals surface area contributed by atoms with Gasteiger partial charge >= 0.3 is 19.8 Å². The van der Waals surface area contributed by atoms with E-state index in [9.17, 15) is 19.0 Å². The Morgan fingerprint density at radius 1 is 0.533 bits per heavy atom. The molecule has 346 valence electrons. The topological polar surface area (TPSA) is 108 Å². The van der Waals surface area contributed by atoms with Crippen molar-refractivity contribution in [3.8, 4) is 0 Å². The number of carbonyl (C=O) groups excluding carboxylic acids is 2. The van der Waals surface area contributed by atoms with Crippen molar-refractivity contribution >= 4 is 19.8 Å². The van der Waals surface area contributed by atoms with Gasteiger partial charge in [-0.3, -0.25) is 18.6 Å². The number of hydrogen-bond acceptors (Lipinski definition) is 7. The van der Waals surface area contributed by atoms with Crippen LogP contribution in [-0.4, -0.2) is 74.9 Å². The van der Waals surface area contributed by atoms with Crippen molar-refractivity contribution in [3.05, 3.63) is 72.9 Å². The van der Waals surface area contributed by atoms with Gasteiger partial charge in [-0.2, -0.15) is 0 Å². The van der Waals surface area contributed by atoms with Crippen LogP contribution >= 0.6 is 7.82 Å². The maximum absolute atomic E-state index is 12.7. The molecule has 0 rings (SSSR count). The lowest BCUT2D eigenvalue weighted by Crippen LogP contribution is -2.37. The SMILES string of the molecule is CCCCCC/C=C/C=C/CCCCCCCC(=O)O[C@@H](COC(=O)CCC/C=C/C/C=C/C/C=C/C/C=C/CCCCCCCCC)COP(=O)(O)OCC[N+](C)(C)C. The molecule has 1 unspecified atom stereocenters. The number of carbonyl (C=O) groups is 2. The second kappa shape index (κ2) is 41.8. The Balaban J connectivity index is 4.44. The number of phosphoric acid groups is 1. The summed E-state index contributed by atoms with van der Waals surface area (Å²) in [6.07, 6.45) is 52.5. The van der Waals surface area contributed by atoms with Gasteiger partial charge in [-0.1, -0.05) is 164 Å².